The molecule has 6 nitrogen and oxygen atoms in total. The van der Waals surface area contributed by atoms with Gasteiger partial charge in [-0.15, -0.1) is 0 Å². The van der Waals surface area contributed by atoms with E-state index in [2.05, 4.69) is 6.58 Å². The molecule has 0 amide bonds. The molecule has 0 aliphatic carbocycles. The van der Waals surface area contributed by atoms with Crippen LogP contribution in [0.4, 0.5) is 0 Å². The Morgan fingerprint density at radius 1 is 1.07 bits per heavy atom. The molecule has 6 heteroatoms. The van der Waals surface area contributed by atoms with Crippen molar-refractivity contribution in [3.8, 4) is 0 Å². The molecule has 0 spiro atoms. The van der Waals surface area contributed by atoms with Crippen molar-refractivity contribution in [1.82, 2.24) is 0 Å². The second kappa shape index (κ2) is 8.98. The molecule has 0 saturated carbocycles. The third kappa shape index (κ3) is 22.5. The van der Waals surface area contributed by atoms with Crippen LogP contribution in [0.15, 0.2) is 24.8 Å². The minimum Gasteiger partial charge on any atom is -0.481 e. The number of hydrogen-bond donors (Lipinski definition) is 3. The fourth-order valence-corrected chi connectivity index (χ4v) is 0.261. The van der Waals surface area contributed by atoms with Crippen molar-refractivity contribution in [3.63, 3.8) is 0 Å². The summed E-state index contributed by atoms with van der Waals surface area (Å²) in [5.41, 5.74) is 0. The van der Waals surface area contributed by atoms with Gasteiger partial charge in [0, 0.05) is 12.2 Å². The van der Waals surface area contributed by atoms with E-state index < -0.39 is 17.9 Å². The molecule has 0 radical (unpaired) electrons. The highest BCUT2D eigenvalue weighted by atomic mass is 16.4. The van der Waals surface area contributed by atoms with Gasteiger partial charge in [0.05, 0.1) is 6.42 Å². The fourth-order valence-electron chi connectivity index (χ4n) is 0.261. The number of carbonyl (C=O) groups is 3. The lowest BCUT2D eigenvalue weighted by Gasteiger charge is -1.79. The normalized spacial score (nSPS) is 8.57. The molecular formula is C8H10O6. The minimum absolute atomic E-state index is 0.244. The van der Waals surface area contributed by atoms with Gasteiger partial charge >= 0.3 is 17.9 Å². The Morgan fingerprint density at radius 2 is 1.50 bits per heavy atom. The molecule has 0 heterocycles. The summed E-state index contributed by atoms with van der Waals surface area (Å²) in [6.45, 7) is 2.96. The molecule has 0 aliphatic rings. The van der Waals surface area contributed by atoms with E-state index in [4.69, 9.17) is 15.3 Å². The maximum Gasteiger partial charge on any atom is 0.327 e. The molecule has 0 bridgehead atoms. The van der Waals surface area contributed by atoms with Crippen molar-refractivity contribution < 1.29 is 29.7 Å². The van der Waals surface area contributed by atoms with Gasteiger partial charge in [0.15, 0.2) is 0 Å². The zero-order valence-corrected chi connectivity index (χ0v) is 7.21. The van der Waals surface area contributed by atoms with Gasteiger partial charge in [-0.05, 0) is 0 Å². The molecule has 0 saturated heterocycles. The molecule has 0 aliphatic heterocycles. The summed E-state index contributed by atoms with van der Waals surface area (Å²) in [6, 6.07) is 0. The van der Waals surface area contributed by atoms with Gasteiger partial charge in [0.2, 0.25) is 0 Å². The zero-order valence-electron chi connectivity index (χ0n) is 7.21. The topological polar surface area (TPSA) is 112 Å². The van der Waals surface area contributed by atoms with Crippen LogP contribution in [0.1, 0.15) is 6.42 Å². The highest BCUT2D eigenvalue weighted by Gasteiger charge is 1.90. The maximum atomic E-state index is 9.74. The van der Waals surface area contributed by atoms with Gasteiger partial charge in [-0.1, -0.05) is 12.7 Å². The molecule has 0 atom stereocenters. The molecule has 0 aromatic rings. The van der Waals surface area contributed by atoms with Crippen LogP contribution in [0.25, 0.3) is 0 Å². The highest BCUT2D eigenvalue weighted by molar-refractivity contribution is 5.81. The van der Waals surface area contributed by atoms with E-state index in [1.54, 1.807) is 0 Å². The van der Waals surface area contributed by atoms with Crippen molar-refractivity contribution in [3.05, 3.63) is 24.8 Å². The van der Waals surface area contributed by atoms with Crippen molar-refractivity contribution in [2.24, 2.45) is 0 Å². The first-order valence-electron chi connectivity index (χ1n) is 3.36. The Balaban J connectivity index is 0. The van der Waals surface area contributed by atoms with E-state index in [9.17, 15) is 14.4 Å². The summed E-state index contributed by atoms with van der Waals surface area (Å²) in [7, 11) is 0. The Kier molecular flexibility index (Phi) is 9.25. The summed E-state index contributed by atoms with van der Waals surface area (Å²) in [5, 5.41) is 23.5. The molecule has 3 N–H and O–H groups in total. The fraction of sp³-hybridized carbons (Fsp3) is 0.125. The zero-order chi connectivity index (χ0) is 11.6. The Morgan fingerprint density at radius 3 is 1.71 bits per heavy atom. The van der Waals surface area contributed by atoms with E-state index in [1.807, 2.05) is 0 Å². The van der Waals surface area contributed by atoms with Gasteiger partial charge in [-0.3, -0.25) is 4.79 Å². The van der Waals surface area contributed by atoms with E-state index in [0.717, 1.165) is 18.2 Å². The number of rotatable bonds is 4. The third-order valence-corrected chi connectivity index (χ3v) is 0.728. The Hall–Kier alpha value is -2.11. The Bertz CT molecular complexity index is 253. The average molecular weight is 202 g/mol. The second-order valence-corrected chi connectivity index (χ2v) is 1.88. The first kappa shape index (κ1) is 14.4. The maximum absolute atomic E-state index is 9.74. The molecule has 78 valence electrons. The van der Waals surface area contributed by atoms with Gasteiger partial charge in [-0.25, -0.2) is 9.59 Å². The second-order valence-electron chi connectivity index (χ2n) is 1.88. The van der Waals surface area contributed by atoms with Crippen LogP contribution in [0.5, 0.6) is 0 Å². The molecular weight excluding hydrogens is 192 g/mol. The summed E-state index contributed by atoms with van der Waals surface area (Å²) in [6.07, 6.45) is 2.46. The molecule has 0 fully saturated rings. The van der Waals surface area contributed by atoms with Gasteiger partial charge in [-0.2, -0.15) is 0 Å². The molecule has 0 rings (SSSR count). The third-order valence-electron chi connectivity index (χ3n) is 0.728. The van der Waals surface area contributed by atoms with E-state index >= 15 is 0 Å². The van der Waals surface area contributed by atoms with Crippen molar-refractivity contribution in [1.29, 1.82) is 0 Å². The molecule has 0 aromatic heterocycles. The van der Waals surface area contributed by atoms with Crippen LogP contribution < -0.4 is 0 Å². The van der Waals surface area contributed by atoms with Gasteiger partial charge in [0.25, 0.3) is 0 Å². The minimum atomic E-state index is -1.13. The van der Waals surface area contributed by atoms with Crippen LogP contribution in [0.3, 0.4) is 0 Å². The van der Waals surface area contributed by atoms with Gasteiger partial charge in [0.1, 0.15) is 0 Å². The van der Waals surface area contributed by atoms with Crippen molar-refractivity contribution >= 4 is 17.9 Å². The van der Waals surface area contributed by atoms with Crippen molar-refractivity contribution in [2.45, 2.75) is 6.42 Å². The van der Waals surface area contributed by atoms with E-state index in [-0.39, 0.29) is 6.42 Å². The summed E-state index contributed by atoms with van der Waals surface area (Å²) >= 11 is 0. The number of hydrogen-bond acceptors (Lipinski definition) is 3. The lowest BCUT2D eigenvalue weighted by molar-refractivity contribution is -0.136. The summed E-state index contributed by atoms with van der Waals surface area (Å²) in [4.78, 5) is 28.7. The SMILES string of the molecule is C=CC(=O)O.O=C(O)/C=C/CC(=O)O. The largest absolute Gasteiger partial charge is 0.481 e. The summed E-state index contributed by atoms with van der Waals surface area (Å²) in [5.74, 6) is -3.14. The smallest absolute Gasteiger partial charge is 0.327 e. The van der Waals surface area contributed by atoms with Crippen LogP contribution >= 0.6 is 0 Å². The van der Waals surface area contributed by atoms with Crippen LogP contribution in [-0.4, -0.2) is 33.2 Å². The Labute approximate surface area is 79.8 Å². The first-order valence-corrected chi connectivity index (χ1v) is 3.36. The lowest BCUT2D eigenvalue weighted by atomic mass is 10.4. The van der Waals surface area contributed by atoms with Crippen LogP contribution in [-0.2, 0) is 14.4 Å². The van der Waals surface area contributed by atoms with Crippen molar-refractivity contribution in [2.75, 3.05) is 0 Å². The molecule has 0 aromatic carbocycles. The first-order chi connectivity index (χ1) is 6.40. The van der Waals surface area contributed by atoms with Gasteiger partial charge < -0.3 is 15.3 Å². The van der Waals surface area contributed by atoms with Crippen LogP contribution in [0, 0.1) is 0 Å². The van der Waals surface area contributed by atoms with E-state index in [1.165, 1.54) is 0 Å². The van der Waals surface area contributed by atoms with E-state index in [0.29, 0.717) is 0 Å². The number of aliphatic carboxylic acids is 3. The predicted molar refractivity (Wildman–Crippen MR) is 46.9 cm³/mol. The monoisotopic (exact) mass is 202 g/mol. The standard InChI is InChI=1S/C5H6O4.C3H4O2/c6-4(7)2-1-3-5(8)9;1-2-3(4)5/h1-2H,3H2,(H,6,7)(H,8,9);2H,1H2,(H,4,5)/b2-1+;. The molecule has 0 unspecified atom stereocenters. The quantitative estimate of drug-likeness (QED) is 0.567. The van der Waals surface area contributed by atoms with Crippen LogP contribution in [0.2, 0.25) is 0 Å². The lowest BCUT2D eigenvalue weighted by Crippen LogP contribution is -1.92. The highest BCUT2D eigenvalue weighted by Crippen LogP contribution is 1.81. The molecule has 14 heavy (non-hydrogen) atoms. The number of carboxylic acids is 3. The predicted octanol–water partition coefficient (Wildman–Crippen LogP) is 0.359. The summed E-state index contributed by atoms with van der Waals surface area (Å²) < 4.78 is 0. The number of carboxylic acid groups (broad SMARTS) is 3. The average Bonchev–Trinajstić information content (AvgIpc) is 2.04.